The molecule has 0 aliphatic carbocycles. The molecule has 1 heterocycles. The Morgan fingerprint density at radius 1 is 1.38 bits per heavy atom. The zero-order valence-electron chi connectivity index (χ0n) is 12.5. The van der Waals surface area contributed by atoms with Gasteiger partial charge in [-0.05, 0) is 24.1 Å². The van der Waals surface area contributed by atoms with Gasteiger partial charge in [-0.1, -0.05) is 18.2 Å². The van der Waals surface area contributed by atoms with Gasteiger partial charge in [0.1, 0.15) is 0 Å². The van der Waals surface area contributed by atoms with E-state index in [2.05, 4.69) is 10.3 Å². The lowest BCUT2D eigenvalue weighted by Gasteiger charge is -2.18. The Morgan fingerprint density at radius 2 is 2.04 bits per heavy atom. The Balaban J connectivity index is 2.21. The minimum Gasteiger partial charge on any atom is -0.387 e. The molecule has 0 fully saturated rings. The number of nitro groups is 1. The molecule has 0 radical (unpaired) electrons. The highest BCUT2D eigenvalue weighted by Crippen LogP contribution is 2.34. The molecule has 9 heteroatoms. The van der Waals surface area contributed by atoms with Crippen LogP contribution in [0.5, 0.6) is 0 Å². The number of nitrogens with one attached hydrogen (secondary N) is 1. The van der Waals surface area contributed by atoms with E-state index in [1.165, 1.54) is 24.4 Å². The third-order valence-electron chi connectivity index (χ3n) is 3.29. The lowest BCUT2D eigenvalue weighted by atomic mass is 10.0. The van der Waals surface area contributed by atoms with E-state index in [-0.39, 0.29) is 23.6 Å². The van der Waals surface area contributed by atoms with Crippen molar-refractivity contribution in [3.8, 4) is 0 Å². The summed E-state index contributed by atoms with van der Waals surface area (Å²) in [5.41, 5.74) is -1.01. The van der Waals surface area contributed by atoms with Crippen molar-refractivity contribution >= 4 is 11.5 Å². The number of pyridine rings is 1. The predicted octanol–water partition coefficient (Wildman–Crippen LogP) is 3.46. The zero-order chi connectivity index (χ0) is 17.9. The Morgan fingerprint density at radius 3 is 2.67 bits per heavy atom. The van der Waals surface area contributed by atoms with Gasteiger partial charge >= 0.3 is 11.9 Å². The molecule has 0 saturated carbocycles. The minimum absolute atomic E-state index is 0.117. The lowest BCUT2D eigenvalue weighted by molar-refractivity contribution is -0.384. The van der Waals surface area contributed by atoms with Crippen molar-refractivity contribution in [1.29, 1.82) is 0 Å². The molecule has 1 aromatic heterocycles. The largest absolute Gasteiger partial charge is 0.416 e. The van der Waals surface area contributed by atoms with Crippen LogP contribution in [0.2, 0.25) is 0 Å². The van der Waals surface area contributed by atoms with Gasteiger partial charge in [-0.2, -0.15) is 13.2 Å². The highest BCUT2D eigenvalue weighted by molar-refractivity contribution is 5.56. The number of benzene rings is 1. The van der Waals surface area contributed by atoms with Crippen LogP contribution in [0.25, 0.3) is 0 Å². The highest BCUT2D eigenvalue weighted by Gasteiger charge is 2.34. The van der Waals surface area contributed by atoms with Gasteiger partial charge in [0.15, 0.2) is 0 Å². The average molecular weight is 341 g/mol. The average Bonchev–Trinajstić information content (AvgIpc) is 2.52. The second-order valence-corrected chi connectivity index (χ2v) is 5.12. The number of aliphatic hydroxyl groups excluding tert-OH is 1. The number of rotatable bonds is 5. The van der Waals surface area contributed by atoms with Gasteiger partial charge in [0.05, 0.1) is 16.6 Å². The third kappa shape index (κ3) is 3.99. The van der Waals surface area contributed by atoms with Crippen LogP contribution in [0.3, 0.4) is 0 Å². The molecule has 128 valence electrons. The van der Waals surface area contributed by atoms with Crippen LogP contribution in [-0.4, -0.2) is 21.6 Å². The van der Waals surface area contributed by atoms with E-state index < -0.39 is 22.8 Å². The van der Waals surface area contributed by atoms with Crippen LogP contribution >= 0.6 is 0 Å². The van der Waals surface area contributed by atoms with E-state index in [1.54, 1.807) is 6.92 Å². The fourth-order valence-corrected chi connectivity index (χ4v) is 2.18. The molecule has 2 N–H and O–H groups in total. The number of anilines is 1. The number of nitrogens with zero attached hydrogens (tertiary/aromatic N) is 2. The summed E-state index contributed by atoms with van der Waals surface area (Å²) in [5, 5.41) is 23.6. The molecule has 2 aromatic rings. The molecule has 0 aliphatic heterocycles. The Labute approximate surface area is 135 Å². The number of alkyl halides is 3. The van der Waals surface area contributed by atoms with E-state index in [1.807, 2.05) is 0 Å². The number of aromatic nitrogens is 1. The number of halogens is 3. The first-order valence-electron chi connectivity index (χ1n) is 6.89. The maximum Gasteiger partial charge on any atom is 0.416 e. The van der Waals surface area contributed by atoms with Crippen molar-refractivity contribution in [2.24, 2.45) is 0 Å². The van der Waals surface area contributed by atoms with Crippen molar-refractivity contribution in [1.82, 2.24) is 4.98 Å². The van der Waals surface area contributed by atoms with Gasteiger partial charge < -0.3 is 10.4 Å². The van der Waals surface area contributed by atoms with Crippen LogP contribution in [-0.2, 0) is 6.18 Å². The van der Waals surface area contributed by atoms with Crippen molar-refractivity contribution in [2.75, 3.05) is 11.9 Å². The number of aliphatic hydroxyl groups is 1. The molecule has 0 bridgehead atoms. The second-order valence-electron chi connectivity index (χ2n) is 5.12. The van der Waals surface area contributed by atoms with Gasteiger partial charge in [0.2, 0.25) is 5.82 Å². The van der Waals surface area contributed by atoms with Crippen molar-refractivity contribution < 1.29 is 23.2 Å². The Kier molecular flexibility index (Phi) is 5.03. The van der Waals surface area contributed by atoms with Crippen molar-refractivity contribution in [3.63, 3.8) is 0 Å². The van der Waals surface area contributed by atoms with Crippen LogP contribution in [0.1, 0.15) is 22.8 Å². The van der Waals surface area contributed by atoms with E-state index in [9.17, 15) is 28.4 Å². The van der Waals surface area contributed by atoms with Crippen molar-refractivity contribution in [2.45, 2.75) is 19.2 Å². The Hall–Kier alpha value is -2.68. The van der Waals surface area contributed by atoms with E-state index in [0.29, 0.717) is 5.56 Å². The molecule has 0 aliphatic rings. The first-order chi connectivity index (χ1) is 11.2. The standard InChI is InChI=1S/C15H14F3N3O3/c1-9-6-12(21(23)24)14(19-7-9)20-8-13(22)10-4-2-3-5-11(10)15(16,17)18/h2-7,13,22H,8H2,1H3,(H,19,20)/t13-/m0/s1. The van der Waals surface area contributed by atoms with E-state index in [4.69, 9.17) is 0 Å². The topological polar surface area (TPSA) is 88.3 Å². The predicted molar refractivity (Wildman–Crippen MR) is 80.5 cm³/mol. The second kappa shape index (κ2) is 6.83. The summed E-state index contributed by atoms with van der Waals surface area (Å²) in [5.74, 6) is -0.117. The van der Waals surface area contributed by atoms with Crippen molar-refractivity contribution in [3.05, 3.63) is 63.3 Å². The maximum atomic E-state index is 13.0. The van der Waals surface area contributed by atoms with Gasteiger partial charge in [-0.3, -0.25) is 10.1 Å². The molecular weight excluding hydrogens is 327 g/mol. The molecule has 0 saturated heterocycles. The first-order valence-corrected chi connectivity index (χ1v) is 6.89. The highest BCUT2D eigenvalue weighted by atomic mass is 19.4. The first kappa shape index (κ1) is 17.7. The van der Waals surface area contributed by atoms with Gasteiger partial charge in [-0.25, -0.2) is 4.98 Å². The van der Waals surface area contributed by atoms with Crippen LogP contribution < -0.4 is 5.32 Å². The van der Waals surface area contributed by atoms with E-state index in [0.717, 1.165) is 12.1 Å². The summed E-state index contributed by atoms with van der Waals surface area (Å²) < 4.78 is 38.9. The normalized spacial score (nSPS) is 12.7. The molecule has 0 spiro atoms. The molecule has 1 atom stereocenters. The summed E-state index contributed by atoms with van der Waals surface area (Å²) >= 11 is 0. The SMILES string of the molecule is Cc1cnc(NC[C@H](O)c2ccccc2C(F)(F)F)c([N+](=O)[O-])c1. The van der Waals surface area contributed by atoms with Gasteiger partial charge in [0, 0.05) is 18.8 Å². The fraction of sp³-hybridized carbons (Fsp3) is 0.267. The third-order valence-corrected chi connectivity index (χ3v) is 3.29. The smallest absolute Gasteiger partial charge is 0.387 e. The molecule has 6 nitrogen and oxygen atoms in total. The monoisotopic (exact) mass is 341 g/mol. The maximum absolute atomic E-state index is 13.0. The Bertz CT molecular complexity index is 750. The molecule has 24 heavy (non-hydrogen) atoms. The van der Waals surface area contributed by atoms with Crippen LogP contribution in [0, 0.1) is 17.0 Å². The van der Waals surface area contributed by atoms with Crippen LogP contribution in [0.4, 0.5) is 24.7 Å². The quantitative estimate of drug-likeness (QED) is 0.642. The molecular formula is C15H14F3N3O3. The van der Waals surface area contributed by atoms with E-state index >= 15 is 0 Å². The van der Waals surface area contributed by atoms with Gasteiger partial charge in [-0.15, -0.1) is 0 Å². The molecule has 2 rings (SSSR count). The summed E-state index contributed by atoms with van der Waals surface area (Å²) in [6, 6.07) is 5.90. The summed E-state index contributed by atoms with van der Waals surface area (Å²) in [7, 11) is 0. The lowest BCUT2D eigenvalue weighted by Crippen LogP contribution is -2.18. The molecule has 0 unspecified atom stereocenters. The van der Waals surface area contributed by atoms with Crippen LogP contribution in [0.15, 0.2) is 36.5 Å². The number of hydrogen-bond donors (Lipinski definition) is 2. The summed E-state index contributed by atoms with van der Waals surface area (Å²) in [6.07, 6.45) is -4.73. The minimum atomic E-state index is -4.61. The summed E-state index contributed by atoms with van der Waals surface area (Å²) in [6.45, 7) is 1.27. The zero-order valence-corrected chi connectivity index (χ0v) is 12.5. The molecule has 0 amide bonds. The fourth-order valence-electron chi connectivity index (χ4n) is 2.18. The van der Waals surface area contributed by atoms with Gasteiger partial charge in [0.25, 0.3) is 0 Å². The summed E-state index contributed by atoms with van der Waals surface area (Å²) in [4.78, 5) is 14.2. The number of hydrogen-bond acceptors (Lipinski definition) is 5. The number of aryl methyl sites for hydroxylation is 1. The molecule has 1 aromatic carbocycles.